The zero-order valence-electron chi connectivity index (χ0n) is 10.00. The van der Waals surface area contributed by atoms with Gasteiger partial charge in [0.1, 0.15) is 0 Å². The van der Waals surface area contributed by atoms with Crippen molar-refractivity contribution < 1.29 is 20.3 Å². The van der Waals surface area contributed by atoms with Crippen LogP contribution in [0.15, 0.2) is 30.3 Å². The van der Waals surface area contributed by atoms with Crippen LogP contribution in [0, 0.1) is 0 Å². The van der Waals surface area contributed by atoms with Gasteiger partial charge in [-0.05, 0) is 23.8 Å². The third-order valence-corrected chi connectivity index (χ3v) is 4.40. The molecule has 72 valence electrons. The first-order valence-electron chi connectivity index (χ1n) is 5.27. The minimum atomic E-state index is 0. The summed E-state index contributed by atoms with van der Waals surface area (Å²) in [5.41, 5.74) is 0.996. The molecule has 0 saturated heterocycles. The Bertz CT molecular complexity index is 247. The third kappa shape index (κ3) is 3.78. The number of hydrogen-bond donors (Lipinski definition) is 0. The van der Waals surface area contributed by atoms with E-state index in [4.69, 9.17) is 0 Å². The molecule has 2 heteroatoms. The normalized spacial score (nSPS) is 18.3. The van der Waals surface area contributed by atoms with Gasteiger partial charge < -0.3 is 1.43 Å². The van der Waals surface area contributed by atoms with E-state index >= 15 is 0 Å². The number of benzene rings is 1. The zero-order valence-corrected chi connectivity index (χ0v) is 10.00. The van der Waals surface area contributed by atoms with E-state index in [1.165, 1.54) is 32.1 Å². The van der Waals surface area contributed by atoms with Crippen molar-refractivity contribution in [3.05, 3.63) is 30.3 Å². The first kappa shape index (κ1) is 12.3. The van der Waals surface area contributed by atoms with Crippen LogP contribution >= 0.6 is 8.58 Å². The molecular weight excluding hydrogens is 182 g/mol. The predicted molar refractivity (Wildman–Crippen MR) is 62.4 cm³/mol. The molecule has 1 aromatic rings. The zero-order chi connectivity index (χ0) is 8.93. The van der Waals surface area contributed by atoms with E-state index in [1.54, 1.807) is 5.30 Å². The van der Waals surface area contributed by atoms with Gasteiger partial charge in [0.15, 0.2) is 0 Å². The molecule has 0 nitrogen and oxygen atoms in total. The standard InChI is InChI=1S/C12H17P.Li.H/c1-3-7-11(8-4-1)13-12-9-5-2-6-10-12;;/h1,3-4,7-8,12-13H,2,5-6,9-10H2;;/q;+1;-1. The summed E-state index contributed by atoms with van der Waals surface area (Å²) in [6.45, 7) is 0. The van der Waals surface area contributed by atoms with Crippen LogP contribution in [-0.4, -0.2) is 5.66 Å². The van der Waals surface area contributed by atoms with E-state index in [0.717, 1.165) is 14.2 Å². The average molecular weight is 200 g/mol. The molecule has 2 rings (SSSR count). The SMILES string of the molecule is [H-].[Li+].c1ccc(PC2CCCCC2)cc1. The van der Waals surface area contributed by atoms with Crippen molar-refractivity contribution in [1.29, 1.82) is 0 Å². The van der Waals surface area contributed by atoms with Crippen LogP contribution in [0.25, 0.3) is 0 Å². The molecule has 0 spiro atoms. The Hall–Kier alpha value is 0.247. The minimum absolute atomic E-state index is 0. The topological polar surface area (TPSA) is 0 Å². The first-order valence-corrected chi connectivity index (χ1v) is 6.34. The Labute approximate surface area is 102 Å². The number of rotatable bonds is 2. The second-order valence-corrected chi connectivity index (χ2v) is 5.53. The van der Waals surface area contributed by atoms with Crippen molar-refractivity contribution in [3.63, 3.8) is 0 Å². The van der Waals surface area contributed by atoms with Crippen LogP contribution in [0.5, 0.6) is 0 Å². The Morgan fingerprint density at radius 1 is 1.00 bits per heavy atom. The van der Waals surface area contributed by atoms with Crippen LogP contribution in [0.1, 0.15) is 33.5 Å². The molecule has 1 atom stereocenters. The molecule has 0 N–H and O–H groups in total. The van der Waals surface area contributed by atoms with Gasteiger partial charge in [-0.1, -0.05) is 58.2 Å². The van der Waals surface area contributed by atoms with Crippen molar-refractivity contribution in [3.8, 4) is 0 Å². The summed E-state index contributed by atoms with van der Waals surface area (Å²) in [5, 5.41) is 1.55. The van der Waals surface area contributed by atoms with Gasteiger partial charge in [-0.2, -0.15) is 0 Å². The van der Waals surface area contributed by atoms with Crippen LogP contribution in [-0.2, 0) is 0 Å². The Morgan fingerprint density at radius 3 is 2.29 bits per heavy atom. The van der Waals surface area contributed by atoms with Crippen molar-refractivity contribution >= 4 is 13.9 Å². The summed E-state index contributed by atoms with van der Waals surface area (Å²) >= 11 is 0. The van der Waals surface area contributed by atoms with Gasteiger partial charge in [0.25, 0.3) is 0 Å². The van der Waals surface area contributed by atoms with Crippen LogP contribution < -0.4 is 24.2 Å². The second-order valence-electron chi connectivity index (χ2n) is 3.85. The fraction of sp³-hybridized carbons (Fsp3) is 0.500. The molecule has 1 unspecified atom stereocenters. The average Bonchev–Trinajstić information content (AvgIpc) is 2.21. The first-order chi connectivity index (χ1) is 6.45. The van der Waals surface area contributed by atoms with E-state index in [-0.39, 0.29) is 20.3 Å². The Kier molecular flexibility index (Phi) is 5.88. The third-order valence-electron chi connectivity index (χ3n) is 2.75. The second kappa shape index (κ2) is 6.68. The van der Waals surface area contributed by atoms with E-state index in [1.807, 2.05) is 0 Å². The van der Waals surface area contributed by atoms with Crippen molar-refractivity contribution in [2.24, 2.45) is 0 Å². The maximum atomic E-state index is 2.27. The van der Waals surface area contributed by atoms with Gasteiger partial charge in [-0.15, -0.1) is 0 Å². The van der Waals surface area contributed by atoms with E-state index in [2.05, 4.69) is 30.3 Å². The molecular formula is C12H18LiP. The molecule has 1 aliphatic rings. The van der Waals surface area contributed by atoms with Gasteiger partial charge >= 0.3 is 18.9 Å². The van der Waals surface area contributed by atoms with Crippen molar-refractivity contribution in [2.75, 3.05) is 0 Å². The molecule has 0 bridgehead atoms. The molecule has 0 aromatic heterocycles. The summed E-state index contributed by atoms with van der Waals surface area (Å²) in [5.74, 6) is 0. The van der Waals surface area contributed by atoms with Gasteiger partial charge in [0.05, 0.1) is 0 Å². The smallest absolute Gasteiger partial charge is 1.00 e. The van der Waals surface area contributed by atoms with Crippen LogP contribution in [0.2, 0.25) is 0 Å². The van der Waals surface area contributed by atoms with E-state index in [9.17, 15) is 0 Å². The summed E-state index contributed by atoms with van der Waals surface area (Å²) in [6, 6.07) is 11.0. The molecule has 1 fully saturated rings. The molecule has 0 amide bonds. The molecule has 14 heavy (non-hydrogen) atoms. The molecule has 1 aliphatic carbocycles. The fourth-order valence-corrected chi connectivity index (χ4v) is 3.57. The molecule has 1 aromatic carbocycles. The largest absolute Gasteiger partial charge is 1.00 e. The van der Waals surface area contributed by atoms with Gasteiger partial charge in [0, 0.05) is 0 Å². The van der Waals surface area contributed by atoms with Crippen LogP contribution in [0.3, 0.4) is 0 Å². The maximum Gasteiger partial charge on any atom is 1.00 e. The Balaban J connectivity index is 0.000000980. The molecule has 0 heterocycles. The summed E-state index contributed by atoms with van der Waals surface area (Å²) in [6.07, 6.45) is 7.32. The van der Waals surface area contributed by atoms with Crippen molar-refractivity contribution in [1.82, 2.24) is 0 Å². The van der Waals surface area contributed by atoms with E-state index in [0.29, 0.717) is 0 Å². The van der Waals surface area contributed by atoms with E-state index < -0.39 is 0 Å². The predicted octanol–water partition coefficient (Wildman–Crippen LogP) is 0.440. The van der Waals surface area contributed by atoms with Crippen molar-refractivity contribution in [2.45, 2.75) is 37.8 Å². The summed E-state index contributed by atoms with van der Waals surface area (Å²) in [4.78, 5) is 0. The van der Waals surface area contributed by atoms with Gasteiger partial charge in [-0.3, -0.25) is 0 Å². The monoisotopic (exact) mass is 200 g/mol. The summed E-state index contributed by atoms with van der Waals surface area (Å²) in [7, 11) is 1.05. The molecule has 0 aliphatic heterocycles. The van der Waals surface area contributed by atoms with Crippen LogP contribution in [0.4, 0.5) is 0 Å². The minimum Gasteiger partial charge on any atom is -1.00 e. The van der Waals surface area contributed by atoms with Gasteiger partial charge in [0.2, 0.25) is 0 Å². The summed E-state index contributed by atoms with van der Waals surface area (Å²) < 4.78 is 0. The molecule has 0 radical (unpaired) electrons. The van der Waals surface area contributed by atoms with Gasteiger partial charge in [-0.25, -0.2) is 0 Å². The Morgan fingerprint density at radius 2 is 1.64 bits per heavy atom. The fourth-order valence-electron chi connectivity index (χ4n) is 2.02. The maximum absolute atomic E-state index is 2.27. The quantitative estimate of drug-likeness (QED) is 0.480. The molecule has 1 saturated carbocycles. The number of hydrogen-bond acceptors (Lipinski definition) is 0.